The number of nitrogens with zero attached hydrogens (tertiary/aromatic N) is 1. The number of rotatable bonds is 1. The molecule has 2 nitrogen and oxygen atoms in total. The molecule has 1 aromatic carbocycles. The van der Waals surface area contributed by atoms with Crippen LogP contribution >= 0.6 is 0 Å². The van der Waals surface area contributed by atoms with Crippen molar-refractivity contribution in [1.82, 2.24) is 4.98 Å². The van der Waals surface area contributed by atoms with Crippen LogP contribution in [0.25, 0.3) is 11.1 Å². The van der Waals surface area contributed by atoms with E-state index in [4.69, 9.17) is 5.73 Å². The molecule has 0 saturated heterocycles. The third-order valence-corrected chi connectivity index (χ3v) is 2.43. The maximum Gasteiger partial charge on any atom is 0.195 e. The molecule has 2 aromatic rings. The molecule has 0 radical (unpaired) electrons. The minimum Gasteiger partial charge on any atom is -0.384 e. The number of aryl methyl sites for hydroxylation is 1. The summed E-state index contributed by atoms with van der Waals surface area (Å²) in [4.78, 5) is 3.94. The van der Waals surface area contributed by atoms with E-state index in [-0.39, 0.29) is 11.4 Å². The average molecular weight is 238 g/mol. The first kappa shape index (κ1) is 11.4. The van der Waals surface area contributed by atoms with Crippen LogP contribution in [-0.4, -0.2) is 4.98 Å². The van der Waals surface area contributed by atoms with Gasteiger partial charge >= 0.3 is 0 Å². The van der Waals surface area contributed by atoms with E-state index in [2.05, 4.69) is 4.98 Å². The Morgan fingerprint density at radius 3 is 2.24 bits per heavy atom. The first-order chi connectivity index (χ1) is 8.00. The Labute approximate surface area is 95.9 Å². The largest absolute Gasteiger partial charge is 0.384 e. The fraction of sp³-hybridized carbons (Fsp3) is 0.0833. The van der Waals surface area contributed by atoms with Crippen LogP contribution in [0.5, 0.6) is 0 Å². The second-order valence-electron chi connectivity index (χ2n) is 3.59. The highest BCUT2D eigenvalue weighted by Crippen LogP contribution is 2.28. The molecule has 0 fully saturated rings. The monoisotopic (exact) mass is 238 g/mol. The predicted octanol–water partition coefficient (Wildman–Crippen LogP) is 3.06. The van der Waals surface area contributed by atoms with Crippen LogP contribution in [0.4, 0.5) is 19.0 Å². The van der Waals surface area contributed by atoms with Crippen molar-refractivity contribution in [2.45, 2.75) is 6.92 Å². The summed E-state index contributed by atoms with van der Waals surface area (Å²) in [6.45, 7) is 1.62. The zero-order chi connectivity index (χ0) is 12.6. The molecule has 0 aliphatic rings. The van der Waals surface area contributed by atoms with E-state index in [1.54, 1.807) is 6.92 Å². The van der Waals surface area contributed by atoms with Gasteiger partial charge in [0.05, 0.1) is 0 Å². The number of pyridine rings is 1. The van der Waals surface area contributed by atoms with Crippen molar-refractivity contribution < 1.29 is 13.2 Å². The van der Waals surface area contributed by atoms with Gasteiger partial charge in [0, 0.05) is 16.8 Å². The molecule has 88 valence electrons. The first-order valence-corrected chi connectivity index (χ1v) is 4.87. The lowest BCUT2D eigenvalue weighted by atomic mass is 10.0. The van der Waals surface area contributed by atoms with Gasteiger partial charge in [-0.15, -0.1) is 0 Å². The topological polar surface area (TPSA) is 38.9 Å². The van der Waals surface area contributed by atoms with Crippen molar-refractivity contribution >= 4 is 5.82 Å². The maximum absolute atomic E-state index is 13.6. The molecule has 0 bridgehead atoms. The Kier molecular flexibility index (Phi) is 2.75. The number of anilines is 1. The van der Waals surface area contributed by atoms with Gasteiger partial charge in [-0.2, -0.15) is 0 Å². The third kappa shape index (κ3) is 1.95. The summed E-state index contributed by atoms with van der Waals surface area (Å²) < 4.78 is 39.4. The van der Waals surface area contributed by atoms with Crippen LogP contribution in [0.1, 0.15) is 5.69 Å². The number of nitrogen functional groups attached to an aromatic ring is 1. The van der Waals surface area contributed by atoms with Crippen LogP contribution in [-0.2, 0) is 0 Å². The first-order valence-electron chi connectivity index (χ1n) is 4.87. The van der Waals surface area contributed by atoms with Gasteiger partial charge in [-0.3, -0.25) is 0 Å². The van der Waals surface area contributed by atoms with Crippen molar-refractivity contribution in [1.29, 1.82) is 0 Å². The fourth-order valence-corrected chi connectivity index (χ4v) is 1.60. The fourth-order valence-electron chi connectivity index (χ4n) is 1.60. The van der Waals surface area contributed by atoms with Crippen molar-refractivity contribution in [3.05, 3.63) is 47.4 Å². The zero-order valence-electron chi connectivity index (χ0n) is 8.97. The van der Waals surface area contributed by atoms with E-state index < -0.39 is 17.5 Å². The predicted molar refractivity (Wildman–Crippen MR) is 58.7 cm³/mol. The normalized spacial score (nSPS) is 10.6. The minimum absolute atomic E-state index is 0.0334. The van der Waals surface area contributed by atoms with Gasteiger partial charge in [-0.05, 0) is 31.2 Å². The highest BCUT2D eigenvalue weighted by molar-refractivity contribution is 5.67. The summed E-state index contributed by atoms with van der Waals surface area (Å²) in [6.07, 6.45) is 0. The molecule has 2 rings (SSSR count). The highest BCUT2D eigenvalue weighted by Gasteiger charge is 2.16. The van der Waals surface area contributed by atoms with E-state index in [1.807, 2.05) is 0 Å². The van der Waals surface area contributed by atoms with Gasteiger partial charge in [0.1, 0.15) is 5.82 Å². The summed E-state index contributed by atoms with van der Waals surface area (Å²) in [5, 5.41) is 0. The van der Waals surface area contributed by atoms with Crippen LogP contribution < -0.4 is 5.73 Å². The third-order valence-electron chi connectivity index (χ3n) is 2.43. The summed E-state index contributed by atoms with van der Waals surface area (Å²) in [7, 11) is 0. The van der Waals surface area contributed by atoms with E-state index in [0.717, 1.165) is 6.07 Å². The van der Waals surface area contributed by atoms with Gasteiger partial charge < -0.3 is 5.73 Å². The molecular weight excluding hydrogens is 229 g/mol. The van der Waals surface area contributed by atoms with E-state index >= 15 is 0 Å². The molecule has 0 amide bonds. The maximum atomic E-state index is 13.6. The number of halogens is 3. The van der Waals surface area contributed by atoms with E-state index in [0.29, 0.717) is 11.3 Å². The second-order valence-corrected chi connectivity index (χ2v) is 3.59. The molecule has 5 heteroatoms. The molecule has 1 aromatic heterocycles. The number of benzene rings is 1. The molecule has 17 heavy (non-hydrogen) atoms. The van der Waals surface area contributed by atoms with Crippen LogP contribution in [0.3, 0.4) is 0 Å². The van der Waals surface area contributed by atoms with Gasteiger partial charge in [-0.1, -0.05) is 0 Å². The molecular formula is C12H9F3N2. The number of hydrogen-bond acceptors (Lipinski definition) is 2. The smallest absolute Gasteiger partial charge is 0.195 e. The Morgan fingerprint density at radius 1 is 0.941 bits per heavy atom. The number of hydrogen-bond donors (Lipinski definition) is 1. The summed E-state index contributed by atoms with van der Waals surface area (Å²) in [6, 6.07) is 5.05. The molecule has 0 aliphatic carbocycles. The lowest BCUT2D eigenvalue weighted by Crippen LogP contribution is -1.98. The Hall–Kier alpha value is -2.04. The summed E-state index contributed by atoms with van der Waals surface area (Å²) >= 11 is 0. The SMILES string of the molecule is Cc1nc(N)ccc1-c1ccc(F)c(F)c1F. The van der Waals surface area contributed by atoms with Gasteiger partial charge in [0.15, 0.2) is 17.5 Å². The van der Waals surface area contributed by atoms with Crippen molar-refractivity contribution in [2.75, 3.05) is 5.73 Å². The van der Waals surface area contributed by atoms with Crippen LogP contribution in [0.15, 0.2) is 24.3 Å². The van der Waals surface area contributed by atoms with Gasteiger partial charge in [-0.25, -0.2) is 18.2 Å². The molecule has 0 aliphatic heterocycles. The number of nitrogens with two attached hydrogens (primary N) is 1. The Bertz CT molecular complexity index is 582. The Morgan fingerprint density at radius 2 is 1.59 bits per heavy atom. The van der Waals surface area contributed by atoms with Crippen LogP contribution in [0, 0.1) is 24.4 Å². The molecule has 0 unspecified atom stereocenters. The molecule has 0 atom stereocenters. The molecule has 0 saturated carbocycles. The minimum atomic E-state index is -1.49. The summed E-state index contributed by atoms with van der Waals surface area (Å²) in [5.74, 6) is -3.64. The quantitative estimate of drug-likeness (QED) is 0.775. The second kappa shape index (κ2) is 4.08. The van der Waals surface area contributed by atoms with Gasteiger partial charge in [0.25, 0.3) is 0 Å². The van der Waals surface area contributed by atoms with E-state index in [9.17, 15) is 13.2 Å². The highest BCUT2D eigenvalue weighted by atomic mass is 19.2. The molecule has 2 N–H and O–H groups in total. The van der Waals surface area contributed by atoms with Crippen LogP contribution in [0.2, 0.25) is 0 Å². The van der Waals surface area contributed by atoms with Crippen molar-refractivity contribution in [2.24, 2.45) is 0 Å². The zero-order valence-corrected chi connectivity index (χ0v) is 8.97. The van der Waals surface area contributed by atoms with Crippen molar-refractivity contribution in [3.8, 4) is 11.1 Å². The molecule has 1 heterocycles. The standard InChI is InChI=1S/C12H9F3N2/c1-6-7(3-5-10(16)17-6)8-2-4-9(13)12(15)11(8)14/h2-5H,1H3,(H2,16,17). The average Bonchev–Trinajstić information content (AvgIpc) is 2.28. The Balaban J connectivity index is 2.65. The summed E-state index contributed by atoms with van der Waals surface area (Å²) in [5.41, 5.74) is 6.26. The lowest BCUT2D eigenvalue weighted by Gasteiger charge is -2.08. The molecule has 0 spiro atoms. The van der Waals surface area contributed by atoms with Gasteiger partial charge in [0.2, 0.25) is 0 Å². The van der Waals surface area contributed by atoms with Crippen molar-refractivity contribution in [3.63, 3.8) is 0 Å². The lowest BCUT2D eigenvalue weighted by molar-refractivity contribution is 0.449. The number of aromatic nitrogens is 1. The van der Waals surface area contributed by atoms with E-state index in [1.165, 1.54) is 18.2 Å².